The van der Waals surface area contributed by atoms with Gasteiger partial charge >= 0.3 is 0 Å². The van der Waals surface area contributed by atoms with E-state index in [9.17, 15) is 5.11 Å². The molecular weight excluding hydrogens is 232 g/mol. The minimum atomic E-state index is -0.544. The van der Waals surface area contributed by atoms with Crippen LogP contribution >= 0.6 is 11.3 Å². The van der Waals surface area contributed by atoms with Crippen molar-refractivity contribution in [1.29, 1.82) is 0 Å². The Morgan fingerprint density at radius 1 is 1.47 bits per heavy atom. The number of aryl methyl sites for hydroxylation is 3. The van der Waals surface area contributed by atoms with Crippen molar-refractivity contribution >= 4 is 11.3 Å². The summed E-state index contributed by atoms with van der Waals surface area (Å²) in [6, 6.07) is 2.06. The van der Waals surface area contributed by atoms with Crippen LogP contribution in [0.2, 0.25) is 0 Å². The van der Waals surface area contributed by atoms with E-state index in [-0.39, 0.29) is 0 Å². The minimum absolute atomic E-state index is 0.544. The minimum Gasteiger partial charge on any atom is -0.383 e. The molecule has 0 radical (unpaired) electrons. The summed E-state index contributed by atoms with van der Waals surface area (Å²) in [5.74, 6) is 0. The van der Waals surface area contributed by atoms with E-state index in [0.717, 1.165) is 23.4 Å². The van der Waals surface area contributed by atoms with E-state index in [1.165, 1.54) is 10.4 Å². The van der Waals surface area contributed by atoms with Crippen LogP contribution in [0.15, 0.2) is 18.5 Å². The molecule has 2 aromatic heterocycles. The number of hydrogen-bond donors (Lipinski definition) is 1. The molecule has 0 aliphatic rings. The van der Waals surface area contributed by atoms with Crippen LogP contribution in [0.4, 0.5) is 0 Å². The molecule has 1 unspecified atom stereocenters. The molecular formula is C13H18N2OS. The zero-order valence-electron chi connectivity index (χ0n) is 10.5. The van der Waals surface area contributed by atoms with E-state index in [4.69, 9.17) is 0 Å². The van der Waals surface area contributed by atoms with Gasteiger partial charge in [-0.3, -0.25) is 4.68 Å². The molecule has 0 aliphatic carbocycles. The van der Waals surface area contributed by atoms with Crippen LogP contribution in [-0.2, 0) is 6.54 Å². The van der Waals surface area contributed by atoms with Crippen molar-refractivity contribution in [2.45, 2.75) is 39.8 Å². The molecule has 1 atom stereocenters. The molecule has 4 heteroatoms. The van der Waals surface area contributed by atoms with Crippen LogP contribution in [0.3, 0.4) is 0 Å². The maximum absolute atomic E-state index is 10.3. The second-order valence-electron chi connectivity index (χ2n) is 4.33. The SMILES string of the molecule is CCCn1cc(C(O)c2cc(C)c(C)s2)cn1. The van der Waals surface area contributed by atoms with Crippen LogP contribution in [-0.4, -0.2) is 14.9 Å². The first-order chi connectivity index (χ1) is 8.11. The Hall–Kier alpha value is -1.13. The molecule has 2 aromatic rings. The number of nitrogens with zero attached hydrogens (tertiary/aromatic N) is 2. The maximum atomic E-state index is 10.3. The summed E-state index contributed by atoms with van der Waals surface area (Å²) in [6.07, 6.45) is 4.19. The molecule has 2 rings (SSSR count). The number of thiophene rings is 1. The average molecular weight is 250 g/mol. The first-order valence-electron chi connectivity index (χ1n) is 5.89. The first kappa shape index (κ1) is 12.3. The third kappa shape index (κ3) is 2.58. The standard InChI is InChI=1S/C13H18N2OS/c1-4-5-15-8-11(7-14-15)13(16)12-6-9(2)10(3)17-12/h6-8,13,16H,4-5H2,1-3H3. The van der Waals surface area contributed by atoms with Crippen LogP contribution in [0.1, 0.15) is 40.3 Å². The lowest BCUT2D eigenvalue weighted by atomic mass is 10.1. The summed E-state index contributed by atoms with van der Waals surface area (Å²) >= 11 is 1.65. The van der Waals surface area contributed by atoms with Crippen LogP contribution in [0.25, 0.3) is 0 Å². The molecule has 92 valence electrons. The molecule has 0 spiro atoms. The maximum Gasteiger partial charge on any atom is 0.116 e. The molecule has 0 fully saturated rings. The van der Waals surface area contributed by atoms with E-state index in [0.29, 0.717) is 0 Å². The lowest BCUT2D eigenvalue weighted by molar-refractivity contribution is 0.224. The molecule has 0 amide bonds. The Labute approximate surface area is 106 Å². The zero-order valence-corrected chi connectivity index (χ0v) is 11.3. The van der Waals surface area contributed by atoms with Gasteiger partial charge < -0.3 is 5.11 Å². The fourth-order valence-electron chi connectivity index (χ4n) is 1.77. The van der Waals surface area contributed by atoms with Crippen LogP contribution < -0.4 is 0 Å². The lowest BCUT2D eigenvalue weighted by Gasteiger charge is -2.04. The van der Waals surface area contributed by atoms with Gasteiger partial charge in [0.05, 0.1) is 6.20 Å². The van der Waals surface area contributed by atoms with Crippen molar-refractivity contribution in [1.82, 2.24) is 9.78 Å². The summed E-state index contributed by atoms with van der Waals surface area (Å²) in [4.78, 5) is 2.26. The highest BCUT2D eigenvalue weighted by Gasteiger charge is 2.15. The Bertz CT molecular complexity index is 482. The predicted octanol–water partition coefficient (Wildman–Crippen LogP) is 3.05. The molecule has 0 saturated heterocycles. The smallest absolute Gasteiger partial charge is 0.116 e. The number of aliphatic hydroxyl groups excluding tert-OH is 1. The quantitative estimate of drug-likeness (QED) is 0.905. The Kier molecular flexibility index (Phi) is 3.64. The highest BCUT2D eigenvalue weighted by atomic mass is 32.1. The van der Waals surface area contributed by atoms with E-state index in [2.05, 4.69) is 31.9 Å². The van der Waals surface area contributed by atoms with Gasteiger partial charge in [0, 0.05) is 28.1 Å². The first-order valence-corrected chi connectivity index (χ1v) is 6.70. The largest absolute Gasteiger partial charge is 0.383 e. The van der Waals surface area contributed by atoms with Gasteiger partial charge in [-0.15, -0.1) is 11.3 Å². The van der Waals surface area contributed by atoms with Gasteiger partial charge in [0.2, 0.25) is 0 Å². The van der Waals surface area contributed by atoms with Crippen molar-refractivity contribution in [3.63, 3.8) is 0 Å². The zero-order chi connectivity index (χ0) is 12.4. The van der Waals surface area contributed by atoms with Gasteiger partial charge in [0.25, 0.3) is 0 Å². The van der Waals surface area contributed by atoms with Gasteiger partial charge in [-0.25, -0.2) is 0 Å². The normalized spacial score (nSPS) is 12.9. The Morgan fingerprint density at radius 2 is 2.24 bits per heavy atom. The molecule has 1 N–H and O–H groups in total. The monoisotopic (exact) mass is 250 g/mol. The second-order valence-corrected chi connectivity index (χ2v) is 5.62. The highest BCUT2D eigenvalue weighted by molar-refractivity contribution is 7.12. The highest BCUT2D eigenvalue weighted by Crippen LogP contribution is 2.30. The van der Waals surface area contributed by atoms with E-state index in [1.807, 2.05) is 10.9 Å². The van der Waals surface area contributed by atoms with Gasteiger partial charge in [-0.1, -0.05) is 6.92 Å². The van der Waals surface area contributed by atoms with Crippen LogP contribution in [0.5, 0.6) is 0 Å². The summed E-state index contributed by atoms with van der Waals surface area (Å²) in [5, 5.41) is 14.5. The topological polar surface area (TPSA) is 38.0 Å². The van der Waals surface area contributed by atoms with Crippen molar-refractivity contribution in [3.8, 4) is 0 Å². The van der Waals surface area contributed by atoms with Gasteiger partial charge in [0.1, 0.15) is 6.10 Å². The van der Waals surface area contributed by atoms with Gasteiger partial charge in [-0.05, 0) is 31.9 Å². The lowest BCUT2D eigenvalue weighted by Crippen LogP contribution is -1.97. The summed E-state index contributed by atoms with van der Waals surface area (Å²) < 4.78 is 1.88. The van der Waals surface area contributed by atoms with Crippen molar-refractivity contribution < 1.29 is 5.11 Å². The van der Waals surface area contributed by atoms with Crippen molar-refractivity contribution in [2.24, 2.45) is 0 Å². The summed E-state index contributed by atoms with van der Waals surface area (Å²) in [7, 11) is 0. The third-order valence-corrected chi connectivity index (χ3v) is 4.08. The van der Waals surface area contributed by atoms with Crippen LogP contribution in [0, 0.1) is 13.8 Å². The van der Waals surface area contributed by atoms with E-state index >= 15 is 0 Å². The molecule has 0 bridgehead atoms. The van der Waals surface area contributed by atoms with Crippen molar-refractivity contribution in [2.75, 3.05) is 0 Å². The number of aromatic nitrogens is 2. The number of aliphatic hydroxyl groups is 1. The molecule has 3 nitrogen and oxygen atoms in total. The average Bonchev–Trinajstić information content (AvgIpc) is 2.87. The molecule has 0 aromatic carbocycles. The number of hydrogen-bond acceptors (Lipinski definition) is 3. The predicted molar refractivity (Wildman–Crippen MR) is 70.4 cm³/mol. The Balaban J connectivity index is 2.20. The summed E-state index contributed by atoms with van der Waals surface area (Å²) in [5.41, 5.74) is 2.12. The summed E-state index contributed by atoms with van der Waals surface area (Å²) in [6.45, 7) is 7.16. The Morgan fingerprint density at radius 3 is 2.82 bits per heavy atom. The van der Waals surface area contributed by atoms with E-state index in [1.54, 1.807) is 17.5 Å². The molecule has 0 aliphatic heterocycles. The van der Waals surface area contributed by atoms with E-state index < -0.39 is 6.10 Å². The van der Waals surface area contributed by atoms with Gasteiger partial charge in [-0.2, -0.15) is 5.10 Å². The molecule has 2 heterocycles. The number of rotatable bonds is 4. The second kappa shape index (κ2) is 5.02. The van der Waals surface area contributed by atoms with Gasteiger partial charge in [0.15, 0.2) is 0 Å². The fourth-order valence-corrected chi connectivity index (χ4v) is 2.83. The fraction of sp³-hybridized carbons (Fsp3) is 0.462. The third-order valence-electron chi connectivity index (χ3n) is 2.88. The molecule has 0 saturated carbocycles. The van der Waals surface area contributed by atoms with Crippen molar-refractivity contribution in [3.05, 3.63) is 39.3 Å². The molecule has 17 heavy (non-hydrogen) atoms.